The van der Waals surface area contributed by atoms with Crippen molar-refractivity contribution in [3.8, 4) is 5.75 Å². The Labute approximate surface area is 154 Å². The summed E-state index contributed by atoms with van der Waals surface area (Å²) in [6.07, 6.45) is 0.598. The van der Waals surface area contributed by atoms with Crippen LogP contribution in [0.5, 0.6) is 5.75 Å². The molecule has 26 heavy (non-hydrogen) atoms. The van der Waals surface area contributed by atoms with Gasteiger partial charge in [0, 0.05) is 23.0 Å². The lowest BCUT2D eigenvalue weighted by Crippen LogP contribution is -2.29. The van der Waals surface area contributed by atoms with Crippen molar-refractivity contribution in [3.63, 3.8) is 0 Å². The number of hydrogen-bond acceptors (Lipinski definition) is 3. The lowest BCUT2D eigenvalue weighted by molar-refractivity contribution is -0.153. The monoisotopic (exact) mass is 351 g/mol. The number of rotatable bonds is 7. The van der Waals surface area contributed by atoms with E-state index in [1.165, 1.54) is 0 Å². The van der Waals surface area contributed by atoms with Crippen LogP contribution in [0.15, 0.2) is 54.6 Å². The van der Waals surface area contributed by atoms with Gasteiger partial charge in [-0.1, -0.05) is 30.3 Å². The van der Waals surface area contributed by atoms with E-state index in [0.717, 1.165) is 27.9 Å². The van der Waals surface area contributed by atoms with Gasteiger partial charge < -0.3 is 14.5 Å². The van der Waals surface area contributed by atoms with Crippen molar-refractivity contribution >= 4 is 16.9 Å². The van der Waals surface area contributed by atoms with Gasteiger partial charge in [0.05, 0.1) is 12.0 Å². The highest BCUT2D eigenvalue weighted by molar-refractivity contribution is 5.82. The molecule has 0 aliphatic rings. The Morgan fingerprint density at radius 2 is 1.85 bits per heavy atom. The second-order valence-corrected chi connectivity index (χ2v) is 7.10. The third kappa shape index (κ3) is 4.26. The van der Waals surface area contributed by atoms with Gasteiger partial charge in [-0.15, -0.1) is 0 Å². The summed E-state index contributed by atoms with van der Waals surface area (Å²) in [5.41, 5.74) is 2.62. The molecule has 0 saturated heterocycles. The highest BCUT2D eigenvalue weighted by atomic mass is 16.5. The van der Waals surface area contributed by atoms with Crippen LogP contribution in [0.3, 0.4) is 0 Å². The molecule has 0 saturated carbocycles. The third-order valence-corrected chi connectivity index (χ3v) is 4.36. The number of esters is 1. The molecule has 4 nitrogen and oxygen atoms in total. The first-order valence-electron chi connectivity index (χ1n) is 8.93. The predicted molar refractivity (Wildman–Crippen MR) is 103 cm³/mol. The Balaban J connectivity index is 1.72. The summed E-state index contributed by atoms with van der Waals surface area (Å²) in [6, 6.07) is 18.2. The van der Waals surface area contributed by atoms with Crippen LogP contribution in [0, 0.1) is 5.41 Å². The molecule has 1 N–H and O–H groups in total. The number of carbonyl (C=O) groups is 1. The van der Waals surface area contributed by atoms with Crippen LogP contribution in [0.1, 0.15) is 32.0 Å². The van der Waals surface area contributed by atoms with E-state index in [1.54, 1.807) is 0 Å². The van der Waals surface area contributed by atoms with E-state index in [9.17, 15) is 4.79 Å². The fraction of sp³-hybridized carbons (Fsp3) is 0.318. The van der Waals surface area contributed by atoms with Gasteiger partial charge in [-0.25, -0.2) is 0 Å². The maximum Gasteiger partial charge on any atom is 0.311 e. The van der Waals surface area contributed by atoms with Crippen molar-refractivity contribution in [2.75, 3.05) is 6.61 Å². The quantitative estimate of drug-likeness (QED) is 0.617. The minimum atomic E-state index is -0.566. The fourth-order valence-electron chi connectivity index (χ4n) is 2.97. The second kappa shape index (κ2) is 7.65. The average Bonchev–Trinajstić information content (AvgIpc) is 3.01. The molecular formula is C22H25NO3. The Hall–Kier alpha value is -2.75. The molecule has 0 spiro atoms. The number of carbonyl (C=O) groups excluding carboxylic acids is 1. The van der Waals surface area contributed by atoms with E-state index in [1.807, 2.05) is 69.3 Å². The zero-order valence-electron chi connectivity index (χ0n) is 15.5. The van der Waals surface area contributed by atoms with Crippen LogP contribution in [-0.4, -0.2) is 17.6 Å². The molecule has 136 valence electrons. The lowest BCUT2D eigenvalue weighted by atomic mass is 9.88. The molecule has 4 heteroatoms. The first kappa shape index (κ1) is 18.1. The van der Waals surface area contributed by atoms with Crippen LogP contribution < -0.4 is 4.74 Å². The van der Waals surface area contributed by atoms with Crippen molar-refractivity contribution in [3.05, 3.63) is 65.9 Å². The summed E-state index contributed by atoms with van der Waals surface area (Å²) in [6.45, 7) is 6.58. The molecule has 0 bridgehead atoms. The average molecular weight is 351 g/mol. The van der Waals surface area contributed by atoms with Crippen LogP contribution in [0.25, 0.3) is 10.9 Å². The Morgan fingerprint density at radius 3 is 2.58 bits per heavy atom. The summed E-state index contributed by atoms with van der Waals surface area (Å²) in [7, 11) is 0. The van der Waals surface area contributed by atoms with Gasteiger partial charge in [0.2, 0.25) is 0 Å². The van der Waals surface area contributed by atoms with E-state index in [-0.39, 0.29) is 5.97 Å². The number of ether oxygens (including phenoxy) is 2. The van der Waals surface area contributed by atoms with Crippen molar-refractivity contribution in [1.82, 2.24) is 4.98 Å². The van der Waals surface area contributed by atoms with E-state index in [2.05, 4.69) is 11.1 Å². The summed E-state index contributed by atoms with van der Waals surface area (Å²) in [4.78, 5) is 15.5. The zero-order chi connectivity index (χ0) is 18.6. The van der Waals surface area contributed by atoms with Crippen LogP contribution in [0.2, 0.25) is 0 Å². The minimum absolute atomic E-state index is 0.175. The lowest BCUT2D eigenvalue weighted by Gasteiger charge is -2.21. The summed E-state index contributed by atoms with van der Waals surface area (Å²) >= 11 is 0. The maximum atomic E-state index is 12.1. The molecule has 2 aromatic carbocycles. The number of benzene rings is 2. The van der Waals surface area contributed by atoms with Crippen molar-refractivity contribution in [1.29, 1.82) is 0 Å². The molecule has 0 fully saturated rings. The number of nitrogens with one attached hydrogen (secondary N) is 1. The molecule has 0 atom stereocenters. The molecule has 0 aliphatic heterocycles. The van der Waals surface area contributed by atoms with E-state index >= 15 is 0 Å². The Bertz CT molecular complexity index is 881. The topological polar surface area (TPSA) is 51.3 Å². The molecule has 1 heterocycles. The first-order valence-corrected chi connectivity index (χ1v) is 8.93. The highest BCUT2D eigenvalue weighted by Crippen LogP contribution is 2.27. The van der Waals surface area contributed by atoms with Gasteiger partial charge in [-0.3, -0.25) is 4.79 Å². The Morgan fingerprint density at radius 1 is 1.08 bits per heavy atom. The second-order valence-electron chi connectivity index (χ2n) is 7.10. The highest BCUT2D eigenvalue weighted by Gasteiger charge is 2.30. The van der Waals surface area contributed by atoms with E-state index in [4.69, 9.17) is 9.47 Å². The molecule has 3 rings (SSSR count). The normalized spacial score (nSPS) is 11.5. The number of hydrogen-bond donors (Lipinski definition) is 1. The molecule has 0 aliphatic carbocycles. The van der Waals surface area contributed by atoms with Crippen LogP contribution >= 0.6 is 0 Å². The molecule has 0 unspecified atom stereocenters. The van der Waals surface area contributed by atoms with Gasteiger partial charge in [0.25, 0.3) is 0 Å². The summed E-state index contributed by atoms with van der Waals surface area (Å²) in [5, 5.41) is 1.07. The number of fused-ring (bicyclic) bond motifs is 1. The number of aromatic nitrogens is 1. The molecule has 1 aromatic heterocycles. The molecule has 3 aromatic rings. The number of H-pyrrole nitrogens is 1. The van der Waals surface area contributed by atoms with Gasteiger partial charge >= 0.3 is 5.97 Å². The first-order chi connectivity index (χ1) is 12.5. The Kier molecular flexibility index (Phi) is 5.31. The maximum absolute atomic E-state index is 12.1. The molecular weight excluding hydrogens is 326 g/mol. The van der Waals surface area contributed by atoms with Gasteiger partial charge in [0.15, 0.2) is 0 Å². The minimum Gasteiger partial charge on any atom is -0.489 e. The van der Waals surface area contributed by atoms with Gasteiger partial charge in [-0.2, -0.15) is 0 Å². The van der Waals surface area contributed by atoms with Crippen molar-refractivity contribution < 1.29 is 14.3 Å². The summed E-state index contributed by atoms with van der Waals surface area (Å²) in [5.74, 6) is 0.655. The SMILES string of the molecule is CCOC(=O)C(C)(C)Cc1cc2cc(OCc3ccccc3)ccc2[nH]1. The smallest absolute Gasteiger partial charge is 0.311 e. The van der Waals surface area contributed by atoms with Crippen molar-refractivity contribution in [2.24, 2.45) is 5.41 Å². The van der Waals surface area contributed by atoms with Gasteiger partial charge in [0.1, 0.15) is 12.4 Å². The predicted octanol–water partition coefficient (Wildman–Crippen LogP) is 4.88. The molecule has 0 amide bonds. The fourth-order valence-corrected chi connectivity index (χ4v) is 2.97. The van der Waals surface area contributed by atoms with Crippen molar-refractivity contribution in [2.45, 2.75) is 33.8 Å². The zero-order valence-corrected chi connectivity index (χ0v) is 15.5. The summed E-state index contributed by atoms with van der Waals surface area (Å²) < 4.78 is 11.1. The molecule has 0 radical (unpaired) electrons. The van der Waals surface area contributed by atoms with E-state index < -0.39 is 5.41 Å². The largest absolute Gasteiger partial charge is 0.489 e. The third-order valence-electron chi connectivity index (χ3n) is 4.36. The standard InChI is InChI=1S/C22H25NO3/c1-4-25-21(24)22(2,3)14-18-12-17-13-19(10-11-20(17)23-18)26-15-16-8-6-5-7-9-16/h5-13,23H,4,14-15H2,1-3H3. The van der Waals surface area contributed by atoms with E-state index in [0.29, 0.717) is 19.6 Å². The number of aromatic amines is 1. The van der Waals surface area contributed by atoms with Crippen LogP contribution in [-0.2, 0) is 22.6 Å². The van der Waals surface area contributed by atoms with Crippen LogP contribution in [0.4, 0.5) is 0 Å². The van der Waals surface area contributed by atoms with Gasteiger partial charge in [-0.05, 0) is 50.6 Å².